The van der Waals surface area contributed by atoms with Gasteiger partial charge in [0.2, 0.25) is 5.91 Å². The summed E-state index contributed by atoms with van der Waals surface area (Å²) >= 11 is 0. The first kappa shape index (κ1) is 30.9. The van der Waals surface area contributed by atoms with Crippen LogP contribution in [0.4, 0.5) is 0 Å². The smallest absolute Gasteiger partial charge is 0.266 e. The van der Waals surface area contributed by atoms with Crippen LogP contribution in [0.3, 0.4) is 0 Å². The van der Waals surface area contributed by atoms with Crippen LogP contribution < -0.4 is 0 Å². The highest BCUT2D eigenvalue weighted by Gasteiger charge is 2.63. The molecule has 4 fully saturated rings. The lowest BCUT2D eigenvalue weighted by Gasteiger charge is -2.62. The van der Waals surface area contributed by atoms with E-state index >= 15 is 0 Å². The molecule has 10 atom stereocenters. The van der Waals surface area contributed by atoms with Crippen LogP contribution in [0.1, 0.15) is 90.5 Å². The molecule has 1 amide bonds. The van der Waals surface area contributed by atoms with Gasteiger partial charge in [-0.25, -0.2) is 0 Å². The van der Waals surface area contributed by atoms with E-state index in [4.69, 9.17) is 0 Å². The van der Waals surface area contributed by atoms with Crippen LogP contribution >= 0.6 is 0 Å². The van der Waals surface area contributed by atoms with E-state index in [1.165, 1.54) is 17.7 Å². The van der Waals surface area contributed by atoms with Gasteiger partial charge in [0, 0.05) is 31.9 Å². The van der Waals surface area contributed by atoms with E-state index in [-0.39, 0.29) is 48.0 Å². The Morgan fingerprint density at radius 2 is 1.90 bits per heavy atom. The maximum absolute atomic E-state index is 13.4. The van der Waals surface area contributed by atoms with Crippen molar-refractivity contribution < 1.29 is 28.0 Å². The zero-order valence-corrected chi connectivity index (χ0v) is 25.8. The first-order chi connectivity index (χ1) is 19.3. The summed E-state index contributed by atoms with van der Waals surface area (Å²) in [6.07, 6.45) is 12.0. The number of aromatic nitrogens is 1. The standard InChI is InChI=1S/C32H50N2O6S/c1-21(6-11-30(37)34(15-16-41(38,39)40)20-22-5-4-14-33-19-22)26-9-10-27-25-8-7-23-17-24(35)12-13-31(23,2)28(25)18-29(36)32(26,27)3/h4-5,14,19,21,23-29,35-36H,6-13,15-18,20H2,1-3H3,(H,38,39,40). The van der Waals surface area contributed by atoms with Gasteiger partial charge in [-0.2, -0.15) is 8.42 Å². The summed E-state index contributed by atoms with van der Waals surface area (Å²) in [5.41, 5.74) is 0.855. The van der Waals surface area contributed by atoms with Crippen molar-refractivity contribution in [2.75, 3.05) is 12.3 Å². The summed E-state index contributed by atoms with van der Waals surface area (Å²) in [6.45, 7) is 7.15. The average molecular weight is 591 g/mol. The molecule has 8 nitrogen and oxygen atoms in total. The molecule has 4 aliphatic carbocycles. The average Bonchev–Trinajstić information content (AvgIpc) is 3.29. The second-order valence-corrected chi connectivity index (χ2v) is 15.9. The van der Waals surface area contributed by atoms with Crippen LogP contribution in [0.25, 0.3) is 0 Å². The second-order valence-electron chi connectivity index (χ2n) is 14.4. The Labute approximate surface area is 246 Å². The number of amides is 1. The summed E-state index contributed by atoms with van der Waals surface area (Å²) < 4.78 is 32.2. The Morgan fingerprint density at radius 1 is 1.12 bits per heavy atom. The highest BCUT2D eigenvalue weighted by molar-refractivity contribution is 7.85. The SMILES string of the molecule is CC(CCC(=O)N(CCS(=O)(=O)O)Cc1cccnc1)C1CCC2C3CCC4CC(O)CCC4(C)C3CC(O)C12C. The molecular weight excluding hydrogens is 540 g/mol. The molecule has 4 saturated carbocycles. The van der Waals surface area contributed by atoms with E-state index in [9.17, 15) is 28.0 Å². The van der Waals surface area contributed by atoms with Crippen molar-refractivity contribution in [3.63, 3.8) is 0 Å². The molecule has 0 saturated heterocycles. The fourth-order valence-corrected chi connectivity index (χ4v) is 10.6. The molecule has 0 radical (unpaired) electrons. The number of hydrogen-bond donors (Lipinski definition) is 3. The molecule has 10 unspecified atom stereocenters. The Morgan fingerprint density at radius 3 is 2.61 bits per heavy atom. The summed E-state index contributed by atoms with van der Waals surface area (Å²) in [5, 5.41) is 22.2. The van der Waals surface area contributed by atoms with E-state index < -0.39 is 15.9 Å². The van der Waals surface area contributed by atoms with Crippen LogP contribution in [-0.4, -0.2) is 63.5 Å². The molecule has 0 aromatic carbocycles. The van der Waals surface area contributed by atoms with Crippen molar-refractivity contribution in [3.05, 3.63) is 30.1 Å². The minimum Gasteiger partial charge on any atom is -0.393 e. The molecule has 0 spiro atoms. The Bertz CT molecular complexity index is 1180. The number of fused-ring (bicyclic) bond motifs is 5. The number of aliphatic hydroxyl groups is 2. The van der Waals surface area contributed by atoms with Crippen LogP contribution in [0.2, 0.25) is 0 Å². The van der Waals surface area contributed by atoms with Crippen LogP contribution in [0, 0.1) is 46.3 Å². The van der Waals surface area contributed by atoms with Crippen molar-refractivity contribution >= 4 is 16.0 Å². The van der Waals surface area contributed by atoms with Gasteiger partial charge in [0.1, 0.15) is 0 Å². The van der Waals surface area contributed by atoms with E-state index in [1.54, 1.807) is 18.5 Å². The molecule has 1 heterocycles. The van der Waals surface area contributed by atoms with Gasteiger partial charge in [-0.1, -0.05) is 26.8 Å². The Hall–Kier alpha value is -1.55. The van der Waals surface area contributed by atoms with Gasteiger partial charge in [0.05, 0.1) is 18.0 Å². The molecule has 230 valence electrons. The van der Waals surface area contributed by atoms with Crippen molar-refractivity contribution in [3.8, 4) is 0 Å². The third kappa shape index (κ3) is 6.11. The van der Waals surface area contributed by atoms with Gasteiger partial charge < -0.3 is 15.1 Å². The lowest BCUT2D eigenvalue weighted by Crippen LogP contribution is -2.58. The summed E-state index contributed by atoms with van der Waals surface area (Å²) in [6, 6.07) is 3.63. The van der Waals surface area contributed by atoms with Gasteiger partial charge in [0.15, 0.2) is 0 Å². The quantitative estimate of drug-likeness (QED) is 0.356. The van der Waals surface area contributed by atoms with Crippen molar-refractivity contribution in [2.45, 2.75) is 104 Å². The highest BCUT2D eigenvalue weighted by Crippen LogP contribution is 2.68. The zero-order chi connectivity index (χ0) is 29.6. The number of carbonyl (C=O) groups is 1. The topological polar surface area (TPSA) is 128 Å². The van der Waals surface area contributed by atoms with Crippen molar-refractivity contribution in [2.24, 2.45) is 46.3 Å². The second kappa shape index (κ2) is 11.9. The number of nitrogens with zero attached hydrogens (tertiary/aromatic N) is 2. The third-order valence-electron chi connectivity index (χ3n) is 12.4. The minimum absolute atomic E-state index is 0.0667. The number of hydrogen-bond acceptors (Lipinski definition) is 6. The maximum atomic E-state index is 13.4. The van der Waals surface area contributed by atoms with E-state index in [2.05, 4.69) is 25.8 Å². The summed E-state index contributed by atoms with van der Waals surface area (Å²) in [7, 11) is -4.19. The number of rotatable bonds is 9. The minimum atomic E-state index is -4.19. The van der Waals surface area contributed by atoms with Crippen LogP contribution in [0.15, 0.2) is 24.5 Å². The van der Waals surface area contributed by atoms with Crippen LogP contribution in [0.5, 0.6) is 0 Å². The summed E-state index contributed by atoms with van der Waals surface area (Å²) in [5.74, 6) is 2.14. The molecule has 41 heavy (non-hydrogen) atoms. The lowest BCUT2D eigenvalue weighted by molar-refractivity contribution is -0.175. The molecule has 3 N–H and O–H groups in total. The molecule has 1 aromatic heterocycles. The Kier molecular flexibility index (Phi) is 8.93. The van der Waals surface area contributed by atoms with E-state index in [1.807, 2.05) is 6.07 Å². The first-order valence-electron chi connectivity index (χ1n) is 15.8. The van der Waals surface area contributed by atoms with Gasteiger partial charge in [-0.3, -0.25) is 14.3 Å². The fourth-order valence-electron chi connectivity index (χ4n) is 10.1. The third-order valence-corrected chi connectivity index (χ3v) is 13.1. The lowest BCUT2D eigenvalue weighted by atomic mass is 9.43. The fraction of sp³-hybridized carbons (Fsp3) is 0.812. The van der Waals surface area contributed by atoms with Crippen molar-refractivity contribution in [1.29, 1.82) is 0 Å². The number of carbonyl (C=O) groups excluding carboxylic acids is 1. The molecule has 5 rings (SSSR count). The van der Waals surface area contributed by atoms with Crippen molar-refractivity contribution in [1.82, 2.24) is 9.88 Å². The first-order valence-corrected chi connectivity index (χ1v) is 17.4. The van der Waals surface area contributed by atoms with Gasteiger partial charge in [-0.05, 0) is 116 Å². The van der Waals surface area contributed by atoms with E-state index in [0.717, 1.165) is 44.1 Å². The van der Waals surface area contributed by atoms with Crippen LogP contribution in [-0.2, 0) is 21.5 Å². The Balaban J connectivity index is 1.25. The zero-order valence-electron chi connectivity index (χ0n) is 25.0. The van der Waals surface area contributed by atoms with Gasteiger partial charge >= 0.3 is 0 Å². The van der Waals surface area contributed by atoms with E-state index in [0.29, 0.717) is 42.4 Å². The molecule has 0 aliphatic heterocycles. The predicted octanol–water partition coefficient (Wildman–Crippen LogP) is 4.70. The molecular formula is C32H50N2O6S. The molecule has 1 aromatic rings. The predicted molar refractivity (Wildman–Crippen MR) is 157 cm³/mol. The number of pyridine rings is 1. The number of aliphatic hydroxyl groups excluding tert-OH is 2. The summed E-state index contributed by atoms with van der Waals surface area (Å²) in [4.78, 5) is 19.0. The monoisotopic (exact) mass is 590 g/mol. The molecule has 0 bridgehead atoms. The maximum Gasteiger partial charge on any atom is 0.266 e. The largest absolute Gasteiger partial charge is 0.393 e. The van der Waals surface area contributed by atoms with Gasteiger partial charge in [-0.15, -0.1) is 0 Å². The van der Waals surface area contributed by atoms with Gasteiger partial charge in [0.25, 0.3) is 10.1 Å². The normalized spacial score (nSPS) is 39.3. The highest BCUT2D eigenvalue weighted by atomic mass is 32.2. The molecule has 4 aliphatic rings. The molecule has 9 heteroatoms.